The van der Waals surface area contributed by atoms with E-state index in [1.165, 1.54) is 33.8 Å². The Morgan fingerprint density at radius 3 is 2.52 bits per heavy atom. The maximum Gasteiger partial charge on any atom is 0.245 e. The third kappa shape index (κ3) is 4.51. The largest absolute Gasteiger partial charge is 0.340 e. The van der Waals surface area contributed by atoms with Crippen LogP contribution in [0, 0.1) is 11.7 Å². The van der Waals surface area contributed by atoms with Crippen LogP contribution in [0.4, 0.5) is 4.39 Å². The van der Waals surface area contributed by atoms with Gasteiger partial charge in [-0.15, -0.1) is 11.3 Å². The molecular formula is C18H20ClFN2O3S2. The van der Waals surface area contributed by atoms with E-state index >= 15 is 0 Å². The van der Waals surface area contributed by atoms with Crippen LogP contribution in [0.5, 0.6) is 0 Å². The molecule has 5 nitrogen and oxygen atoms in total. The standard InChI is InChI=1S/C18H20ClFN2O3S2/c1-21(12-14-6-7-17(19)26-14)18(23)13-8-10-22(11-9-13)27(24,25)16-5-3-2-4-15(16)20/h2-7,13H,8-12H2,1H3. The molecule has 1 aromatic carbocycles. The quantitative estimate of drug-likeness (QED) is 0.728. The van der Waals surface area contributed by atoms with Crippen LogP contribution < -0.4 is 0 Å². The van der Waals surface area contributed by atoms with E-state index in [2.05, 4.69) is 0 Å². The second-order valence-corrected chi connectivity index (χ2v) is 10.2. The molecule has 0 spiro atoms. The van der Waals surface area contributed by atoms with Crippen molar-refractivity contribution < 1.29 is 17.6 Å². The molecule has 1 amide bonds. The fourth-order valence-corrected chi connectivity index (χ4v) is 5.87. The van der Waals surface area contributed by atoms with E-state index in [-0.39, 0.29) is 29.8 Å². The Morgan fingerprint density at radius 1 is 1.26 bits per heavy atom. The van der Waals surface area contributed by atoms with Gasteiger partial charge in [-0.25, -0.2) is 12.8 Å². The fraction of sp³-hybridized carbons (Fsp3) is 0.389. The molecule has 2 aromatic rings. The molecule has 2 heterocycles. The SMILES string of the molecule is CN(Cc1ccc(Cl)s1)C(=O)C1CCN(S(=O)(=O)c2ccccc2F)CC1. The monoisotopic (exact) mass is 430 g/mol. The van der Waals surface area contributed by atoms with Crippen molar-refractivity contribution in [3.8, 4) is 0 Å². The number of hydrogen-bond acceptors (Lipinski definition) is 4. The summed E-state index contributed by atoms with van der Waals surface area (Å²) in [6, 6.07) is 9.04. The van der Waals surface area contributed by atoms with Gasteiger partial charge in [0.2, 0.25) is 15.9 Å². The van der Waals surface area contributed by atoms with Crippen molar-refractivity contribution >= 4 is 38.9 Å². The average molecular weight is 431 g/mol. The van der Waals surface area contributed by atoms with Crippen LogP contribution >= 0.6 is 22.9 Å². The van der Waals surface area contributed by atoms with Crippen molar-refractivity contribution in [1.82, 2.24) is 9.21 Å². The molecule has 0 radical (unpaired) electrons. The van der Waals surface area contributed by atoms with Crippen LogP contribution in [0.3, 0.4) is 0 Å². The summed E-state index contributed by atoms with van der Waals surface area (Å²) in [5.74, 6) is -1.01. The summed E-state index contributed by atoms with van der Waals surface area (Å²) in [6.07, 6.45) is 0.837. The number of carbonyl (C=O) groups excluding carboxylic acids is 1. The summed E-state index contributed by atoms with van der Waals surface area (Å²) < 4.78 is 41.1. The third-order valence-electron chi connectivity index (χ3n) is 4.66. The number of sulfonamides is 1. The van der Waals surface area contributed by atoms with E-state index in [4.69, 9.17) is 11.6 Å². The molecule has 146 valence electrons. The number of benzene rings is 1. The number of rotatable bonds is 5. The van der Waals surface area contributed by atoms with Crippen molar-refractivity contribution in [3.05, 3.63) is 51.4 Å². The zero-order chi connectivity index (χ0) is 19.6. The van der Waals surface area contributed by atoms with Crippen molar-refractivity contribution in [3.63, 3.8) is 0 Å². The number of carbonyl (C=O) groups is 1. The third-order valence-corrected chi connectivity index (χ3v) is 7.80. The first-order valence-electron chi connectivity index (χ1n) is 8.53. The molecule has 1 aromatic heterocycles. The number of nitrogens with zero attached hydrogens (tertiary/aromatic N) is 2. The summed E-state index contributed by atoms with van der Waals surface area (Å²) in [5.41, 5.74) is 0. The highest BCUT2D eigenvalue weighted by molar-refractivity contribution is 7.89. The molecule has 0 unspecified atom stereocenters. The molecule has 0 aliphatic carbocycles. The average Bonchev–Trinajstić information content (AvgIpc) is 3.06. The highest BCUT2D eigenvalue weighted by Gasteiger charge is 2.34. The number of piperidine rings is 1. The lowest BCUT2D eigenvalue weighted by Gasteiger charge is -2.32. The van der Waals surface area contributed by atoms with E-state index in [0.717, 1.165) is 10.9 Å². The van der Waals surface area contributed by atoms with Crippen LogP contribution in [0.2, 0.25) is 4.34 Å². The van der Waals surface area contributed by atoms with Crippen molar-refractivity contribution in [2.45, 2.75) is 24.3 Å². The lowest BCUT2D eigenvalue weighted by atomic mass is 9.96. The van der Waals surface area contributed by atoms with Crippen molar-refractivity contribution in [1.29, 1.82) is 0 Å². The van der Waals surface area contributed by atoms with Gasteiger partial charge in [-0.3, -0.25) is 4.79 Å². The maximum absolute atomic E-state index is 13.9. The van der Waals surface area contributed by atoms with Gasteiger partial charge in [-0.2, -0.15) is 4.31 Å². The Balaban J connectivity index is 1.61. The summed E-state index contributed by atoms with van der Waals surface area (Å²) in [7, 11) is -2.15. The summed E-state index contributed by atoms with van der Waals surface area (Å²) in [6.45, 7) is 0.876. The Hall–Kier alpha value is -1.48. The van der Waals surface area contributed by atoms with Crippen LogP contribution in [-0.4, -0.2) is 43.7 Å². The van der Waals surface area contributed by atoms with Gasteiger partial charge in [0.05, 0.1) is 10.9 Å². The fourth-order valence-electron chi connectivity index (χ4n) is 3.20. The minimum atomic E-state index is -3.89. The normalized spacial score (nSPS) is 16.4. The van der Waals surface area contributed by atoms with Crippen LogP contribution in [0.25, 0.3) is 0 Å². The molecule has 3 rings (SSSR count). The van der Waals surface area contributed by atoms with E-state index in [1.54, 1.807) is 18.0 Å². The molecular weight excluding hydrogens is 411 g/mol. The summed E-state index contributed by atoms with van der Waals surface area (Å²) in [5, 5.41) is 0. The Kier molecular flexibility index (Phi) is 6.20. The van der Waals surface area contributed by atoms with E-state index in [1.807, 2.05) is 6.07 Å². The van der Waals surface area contributed by atoms with Crippen LogP contribution in [0.15, 0.2) is 41.3 Å². The molecule has 1 aliphatic heterocycles. The van der Waals surface area contributed by atoms with Gasteiger partial charge in [-0.1, -0.05) is 23.7 Å². The molecule has 27 heavy (non-hydrogen) atoms. The number of thiophene rings is 1. The minimum Gasteiger partial charge on any atom is -0.340 e. The van der Waals surface area contributed by atoms with Crippen LogP contribution in [0.1, 0.15) is 17.7 Å². The van der Waals surface area contributed by atoms with E-state index < -0.39 is 15.8 Å². The number of hydrogen-bond donors (Lipinski definition) is 0. The second kappa shape index (κ2) is 8.26. The minimum absolute atomic E-state index is 0.0116. The smallest absolute Gasteiger partial charge is 0.245 e. The zero-order valence-electron chi connectivity index (χ0n) is 14.8. The highest BCUT2D eigenvalue weighted by atomic mass is 35.5. The lowest BCUT2D eigenvalue weighted by molar-refractivity contribution is -0.135. The molecule has 0 N–H and O–H groups in total. The van der Waals surface area contributed by atoms with Crippen LogP contribution in [-0.2, 0) is 21.4 Å². The maximum atomic E-state index is 13.9. The summed E-state index contributed by atoms with van der Waals surface area (Å²) in [4.78, 5) is 15.0. The first-order valence-corrected chi connectivity index (χ1v) is 11.2. The molecule has 0 bridgehead atoms. The van der Waals surface area contributed by atoms with Gasteiger partial charge >= 0.3 is 0 Å². The lowest BCUT2D eigenvalue weighted by Crippen LogP contribution is -2.43. The summed E-state index contributed by atoms with van der Waals surface area (Å²) >= 11 is 7.35. The predicted octanol–water partition coefficient (Wildman–Crippen LogP) is 3.60. The first-order chi connectivity index (χ1) is 12.8. The van der Waals surface area contributed by atoms with Gasteiger partial charge < -0.3 is 4.90 Å². The number of amides is 1. The molecule has 0 saturated carbocycles. The van der Waals surface area contributed by atoms with Crippen molar-refractivity contribution in [2.24, 2.45) is 5.92 Å². The van der Waals surface area contributed by atoms with E-state index in [9.17, 15) is 17.6 Å². The predicted molar refractivity (Wildman–Crippen MR) is 104 cm³/mol. The highest BCUT2D eigenvalue weighted by Crippen LogP contribution is 2.27. The molecule has 1 aliphatic rings. The second-order valence-electron chi connectivity index (χ2n) is 6.51. The molecule has 1 saturated heterocycles. The first kappa shape index (κ1) is 20.3. The Morgan fingerprint density at radius 2 is 1.93 bits per heavy atom. The molecule has 0 atom stereocenters. The number of halogens is 2. The van der Waals surface area contributed by atoms with E-state index in [0.29, 0.717) is 23.7 Å². The van der Waals surface area contributed by atoms with Gasteiger partial charge in [0.1, 0.15) is 10.7 Å². The van der Waals surface area contributed by atoms with Crippen molar-refractivity contribution in [2.75, 3.05) is 20.1 Å². The molecule has 9 heteroatoms. The Bertz CT molecular complexity index is 924. The zero-order valence-corrected chi connectivity index (χ0v) is 17.2. The topological polar surface area (TPSA) is 57.7 Å². The van der Waals surface area contributed by atoms with Gasteiger partial charge in [0.15, 0.2) is 0 Å². The molecule has 1 fully saturated rings. The van der Waals surface area contributed by atoms with Gasteiger partial charge in [-0.05, 0) is 37.1 Å². The Labute approximate surface area is 167 Å². The van der Waals surface area contributed by atoms with Gasteiger partial charge in [0.25, 0.3) is 0 Å². The van der Waals surface area contributed by atoms with Gasteiger partial charge in [0, 0.05) is 30.9 Å².